The van der Waals surface area contributed by atoms with Gasteiger partial charge in [0.25, 0.3) is 5.56 Å². The van der Waals surface area contributed by atoms with Crippen LogP contribution in [0.15, 0.2) is 17.2 Å². The molecule has 0 radical (unpaired) electrons. The van der Waals surface area contributed by atoms with Gasteiger partial charge in [0.2, 0.25) is 5.88 Å². The molecule has 0 saturated carbocycles. The minimum atomic E-state index is -0.416. The molecule has 0 atom stereocenters. The highest BCUT2D eigenvalue weighted by atomic mass is 32.1. The SMILES string of the molecule is COc1cc(Nc2s[nH]c(=O)c2C#N)ncn1. The number of nitriles is 1. The number of H-pyrrole nitrogens is 1. The van der Waals surface area contributed by atoms with Gasteiger partial charge in [-0.3, -0.25) is 9.17 Å². The van der Waals surface area contributed by atoms with Crippen molar-refractivity contribution < 1.29 is 4.74 Å². The molecule has 2 aromatic heterocycles. The van der Waals surface area contributed by atoms with Crippen molar-refractivity contribution >= 4 is 22.4 Å². The molecule has 0 aliphatic carbocycles. The minimum Gasteiger partial charge on any atom is -0.481 e. The molecular weight excluding hydrogens is 242 g/mol. The summed E-state index contributed by atoms with van der Waals surface area (Å²) in [6.07, 6.45) is 1.32. The number of hydrogen-bond acceptors (Lipinski definition) is 7. The molecule has 17 heavy (non-hydrogen) atoms. The fourth-order valence-corrected chi connectivity index (χ4v) is 1.82. The summed E-state index contributed by atoms with van der Waals surface area (Å²) in [5, 5.41) is 12.1. The van der Waals surface area contributed by atoms with E-state index >= 15 is 0 Å². The van der Waals surface area contributed by atoms with Crippen LogP contribution in [-0.4, -0.2) is 21.5 Å². The number of ether oxygens (including phenoxy) is 1. The summed E-state index contributed by atoms with van der Waals surface area (Å²) >= 11 is 1.04. The molecule has 8 heteroatoms. The maximum absolute atomic E-state index is 11.2. The molecule has 0 unspecified atom stereocenters. The highest BCUT2D eigenvalue weighted by Gasteiger charge is 2.10. The van der Waals surface area contributed by atoms with E-state index in [9.17, 15) is 4.79 Å². The van der Waals surface area contributed by atoms with E-state index in [2.05, 4.69) is 19.7 Å². The monoisotopic (exact) mass is 249 g/mol. The third-order valence-corrected chi connectivity index (χ3v) is 2.70. The van der Waals surface area contributed by atoms with Crippen molar-refractivity contribution in [1.82, 2.24) is 14.3 Å². The molecule has 2 N–H and O–H groups in total. The van der Waals surface area contributed by atoms with Gasteiger partial charge in [-0.2, -0.15) is 5.26 Å². The van der Waals surface area contributed by atoms with Gasteiger partial charge in [-0.1, -0.05) is 0 Å². The average molecular weight is 249 g/mol. The summed E-state index contributed by atoms with van der Waals surface area (Å²) in [6, 6.07) is 3.38. The molecule has 0 saturated heterocycles. The largest absolute Gasteiger partial charge is 0.481 e. The van der Waals surface area contributed by atoms with Crippen molar-refractivity contribution in [1.29, 1.82) is 5.26 Å². The Kier molecular flexibility index (Phi) is 3.02. The minimum absolute atomic E-state index is 0.0348. The summed E-state index contributed by atoms with van der Waals surface area (Å²) in [4.78, 5) is 19.0. The molecule has 0 fully saturated rings. The molecule has 0 aliphatic heterocycles. The maximum Gasteiger partial charge on any atom is 0.278 e. The van der Waals surface area contributed by atoms with Gasteiger partial charge >= 0.3 is 0 Å². The molecule has 0 aromatic carbocycles. The standard InChI is InChI=1S/C9H7N5O2S/c1-16-7-2-6(11-4-12-7)13-9-5(3-10)8(15)14-17-9/h2,4H,1H3,(H,14,15)(H,11,12,13). The smallest absolute Gasteiger partial charge is 0.278 e. The van der Waals surface area contributed by atoms with Gasteiger partial charge in [0.05, 0.1) is 7.11 Å². The predicted molar refractivity (Wildman–Crippen MR) is 61.5 cm³/mol. The second-order valence-corrected chi connectivity index (χ2v) is 3.74. The zero-order valence-electron chi connectivity index (χ0n) is 8.72. The van der Waals surface area contributed by atoms with Crippen LogP contribution in [-0.2, 0) is 0 Å². The zero-order chi connectivity index (χ0) is 12.3. The van der Waals surface area contributed by atoms with Crippen LogP contribution in [0.4, 0.5) is 10.8 Å². The van der Waals surface area contributed by atoms with Gasteiger partial charge in [0.15, 0.2) is 5.56 Å². The molecule has 0 spiro atoms. The third kappa shape index (κ3) is 2.24. The summed E-state index contributed by atoms with van der Waals surface area (Å²) in [6.45, 7) is 0. The molecule has 2 aromatic rings. The van der Waals surface area contributed by atoms with Crippen LogP contribution in [0.25, 0.3) is 0 Å². The van der Waals surface area contributed by atoms with E-state index in [4.69, 9.17) is 10.00 Å². The molecule has 86 valence electrons. The Morgan fingerprint density at radius 2 is 2.41 bits per heavy atom. The number of hydrogen-bond donors (Lipinski definition) is 2. The number of rotatable bonds is 3. The second-order valence-electron chi connectivity index (χ2n) is 2.92. The normalized spacial score (nSPS) is 9.65. The van der Waals surface area contributed by atoms with Crippen molar-refractivity contribution in [2.45, 2.75) is 0 Å². The van der Waals surface area contributed by atoms with Crippen LogP contribution in [0.1, 0.15) is 5.56 Å². The first-order chi connectivity index (χ1) is 8.24. The van der Waals surface area contributed by atoms with Crippen molar-refractivity contribution in [2.24, 2.45) is 0 Å². The van der Waals surface area contributed by atoms with Crippen LogP contribution in [0, 0.1) is 11.3 Å². The fourth-order valence-electron chi connectivity index (χ4n) is 1.13. The van der Waals surface area contributed by atoms with Crippen LogP contribution in [0.5, 0.6) is 5.88 Å². The Labute approximate surface area is 99.9 Å². The summed E-state index contributed by atoms with van der Waals surface area (Å²) in [5.41, 5.74) is -0.381. The first-order valence-electron chi connectivity index (χ1n) is 4.49. The van der Waals surface area contributed by atoms with Crippen LogP contribution >= 0.6 is 11.5 Å². The van der Waals surface area contributed by atoms with Crippen molar-refractivity contribution in [2.75, 3.05) is 12.4 Å². The van der Waals surface area contributed by atoms with Gasteiger partial charge in [0, 0.05) is 6.07 Å². The summed E-state index contributed by atoms with van der Waals surface area (Å²) < 4.78 is 7.40. The molecule has 2 heterocycles. The number of anilines is 2. The lowest BCUT2D eigenvalue weighted by molar-refractivity contribution is 0.397. The van der Waals surface area contributed by atoms with Gasteiger partial charge < -0.3 is 10.1 Å². The van der Waals surface area contributed by atoms with Crippen LogP contribution in [0.2, 0.25) is 0 Å². The maximum atomic E-state index is 11.2. The predicted octanol–water partition coefficient (Wildman–Crippen LogP) is 0.850. The van der Waals surface area contributed by atoms with Gasteiger partial charge in [0.1, 0.15) is 23.2 Å². The van der Waals surface area contributed by atoms with E-state index in [1.807, 2.05) is 6.07 Å². The number of nitrogens with one attached hydrogen (secondary N) is 2. The number of aromatic nitrogens is 3. The van der Waals surface area contributed by atoms with Crippen LogP contribution < -0.4 is 15.6 Å². The van der Waals surface area contributed by atoms with Gasteiger partial charge in [-0.05, 0) is 11.5 Å². The molecule has 7 nitrogen and oxygen atoms in total. The molecular formula is C9H7N5O2S. The Balaban J connectivity index is 2.32. The lowest BCUT2D eigenvalue weighted by Crippen LogP contribution is -2.03. The van der Waals surface area contributed by atoms with E-state index in [0.717, 1.165) is 11.5 Å². The van der Waals surface area contributed by atoms with E-state index in [1.54, 1.807) is 6.07 Å². The van der Waals surface area contributed by atoms with E-state index < -0.39 is 5.56 Å². The highest BCUT2D eigenvalue weighted by molar-refractivity contribution is 7.10. The Hall–Kier alpha value is -2.40. The van der Waals surface area contributed by atoms with Crippen LogP contribution in [0.3, 0.4) is 0 Å². The van der Waals surface area contributed by atoms with E-state index in [1.165, 1.54) is 13.4 Å². The topological polar surface area (TPSA) is 104 Å². The molecule has 2 rings (SSSR count). The first-order valence-corrected chi connectivity index (χ1v) is 5.31. The highest BCUT2D eigenvalue weighted by Crippen LogP contribution is 2.21. The lowest BCUT2D eigenvalue weighted by Gasteiger charge is -2.03. The Bertz CT molecular complexity index is 627. The van der Waals surface area contributed by atoms with Crippen molar-refractivity contribution in [3.05, 3.63) is 28.3 Å². The van der Waals surface area contributed by atoms with Gasteiger partial charge in [-0.15, -0.1) is 0 Å². The molecule has 0 bridgehead atoms. The lowest BCUT2D eigenvalue weighted by atomic mass is 10.4. The Morgan fingerprint density at radius 1 is 1.59 bits per heavy atom. The van der Waals surface area contributed by atoms with Crippen molar-refractivity contribution in [3.8, 4) is 11.9 Å². The number of aromatic amines is 1. The van der Waals surface area contributed by atoms with E-state index in [0.29, 0.717) is 16.7 Å². The second kappa shape index (κ2) is 4.63. The van der Waals surface area contributed by atoms with E-state index in [-0.39, 0.29) is 5.56 Å². The Morgan fingerprint density at radius 3 is 3.12 bits per heavy atom. The average Bonchev–Trinajstić information content (AvgIpc) is 2.70. The molecule has 0 amide bonds. The molecule has 0 aliphatic rings. The quantitative estimate of drug-likeness (QED) is 0.835. The first kappa shape index (κ1) is 11.1. The number of methoxy groups -OCH3 is 1. The number of nitrogens with zero attached hydrogens (tertiary/aromatic N) is 3. The van der Waals surface area contributed by atoms with Gasteiger partial charge in [-0.25, -0.2) is 9.97 Å². The third-order valence-electron chi connectivity index (χ3n) is 1.90. The summed E-state index contributed by atoms with van der Waals surface area (Å²) in [5.74, 6) is 0.840. The summed E-state index contributed by atoms with van der Waals surface area (Å²) in [7, 11) is 1.49. The zero-order valence-corrected chi connectivity index (χ0v) is 9.54. The van der Waals surface area contributed by atoms with Crippen molar-refractivity contribution in [3.63, 3.8) is 0 Å². The fraction of sp³-hybridized carbons (Fsp3) is 0.111.